The van der Waals surface area contributed by atoms with E-state index in [1.165, 1.54) is 5.39 Å². The van der Waals surface area contributed by atoms with Crippen molar-refractivity contribution in [3.05, 3.63) is 163 Å². The lowest BCUT2D eigenvalue weighted by Crippen LogP contribution is -2.11. The first kappa shape index (κ1) is 23.5. The number of fused-ring (bicyclic) bond motifs is 3. The molecule has 7 rings (SSSR count). The highest BCUT2D eigenvalue weighted by Gasteiger charge is 2.23. The molecule has 0 fully saturated rings. The first-order valence-electron chi connectivity index (χ1n) is 13.3. The van der Waals surface area contributed by atoms with Crippen LogP contribution in [0.2, 0.25) is 0 Å². The highest BCUT2D eigenvalue weighted by atomic mass is 15.2. The molecule has 3 nitrogen and oxygen atoms in total. The molecule has 0 unspecified atom stereocenters. The number of para-hydroxylation sites is 5. The van der Waals surface area contributed by atoms with Crippen LogP contribution in [0.4, 0.5) is 22.7 Å². The van der Waals surface area contributed by atoms with Crippen LogP contribution in [0.25, 0.3) is 43.5 Å². The molecule has 0 N–H and O–H groups in total. The van der Waals surface area contributed by atoms with Crippen molar-refractivity contribution in [2.75, 3.05) is 4.90 Å². The monoisotopic (exact) mass is 511 g/mol. The number of nitrogens with zero attached hydrogens (tertiary/aromatic N) is 3. The first-order chi connectivity index (χ1) is 19.8. The van der Waals surface area contributed by atoms with Crippen molar-refractivity contribution in [1.29, 1.82) is 0 Å². The normalized spacial score (nSPS) is 11.0. The highest BCUT2D eigenvalue weighted by molar-refractivity contribution is 6.13. The molecule has 0 aliphatic rings. The van der Waals surface area contributed by atoms with Crippen LogP contribution in [0.15, 0.2) is 152 Å². The molecule has 0 amide bonds. The maximum atomic E-state index is 7.95. The molecule has 0 radical (unpaired) electrons. The van der Waals surface area contributed by atoms with Gasteiger partial charge in [-0.15, -0.1) is 0 Å². The van der Waals surface area contributed by atoms with Crippen molar-refractivity contribution >= 4 is 44.6 Å². The van der Waals surface area contributed by atoms with Crippen molar-refractivity contribution in [1.82, 2.24) is 4.57 Å². The molecule has 0 aliphatic carbocycles. The van der Waals surface area contributed by atoms with E-state index in [0.29, 0.717) is 5.69 Å². The number of hydrogen-bond acceptors (Lipinski definition) is 1. The number of hydrogen-bond donors (Lipinski definition) is 0. The molecule has 188 valence electrons. The fourth-order valence-corrected chi connectivity index (χ4v) is 5.63. The summed E-state index contributed by atoms with van der Waals surface area (Å²) in [7, 11) is 0. The molecular formula is C37H25N3. The summed E-state index contributed by atoms with van der Waals surface area (Å²) in [4.78, 5) is 6.13. The third kappa shape index (κ3) is 3.91. The predicted molar refractivity (Wildman–Crippen MR) is 167 cm³/mol. The van der Waals surface area contributed by atoms with Gasteiger partial charge in [0.05, 0.1) is 29.0 Å². The summed E-state index contributed by atoms with van der Waals surface area (Å²) >= 11 is 0. The van der Waals surface area contributed by atoms with Gasteiger partial charge < -0.3 is 9.47 Å². The van der Waals surface area contributed by atoms with Crippen molar-refractivity contribution in [2.24, 2.45) is 0 Å². The van der Waals surface area contributed by atoms with E-state index in [0.717, 1.165) is 50.3 Å². The summed E-state index contributed by atoms with van der Waals surface area (Å²) in [5.41, 5.74) is 9.12. The van der Waals surface area contributed by atoms with Crippen LogP contribution < -0.4 is 4.90 Å². The summed E-state index contributed by atoms with van der Waals surface area (Å²) in [6.07, 6.45) is 0. The van der Waals surface area contributed by atoms with Crippen molar-refractivity contribution in [2.45, 2.75) is 0 Å². The summed E-state index contributed by atoms with van der Waals surface area (Å²) in [5, 5.41) is 2.35. The standard InChI is InChI=1S/C37H25N3/c1-38-33-22-12-14-24-35(33)40(29-19-9-4-10-20-29)36-26-32-30-21-11-13-23-34(30)39(28-17-7-3-8-18-28)37(32)25-31(36)27-15-5-2-6-16-27/h2-26H. The molecule has 0 saturated carbocycles. The fraction of sp³-hybridized carbons (Fsp3) is 0. The second-order valence-electron chi connectivity index (χ2n) is 9.71. The van der Waals surface area contributed by atoms with Gasteiger partial charge in [-0.25, -0.2) is 4.85 Å². The van der Waals surface area contributed by atoms with E-state index >= 15 is 0 Å². The van der Waals surface area contributed by atoms with Gasteiger partial charge in [-0.05, 0) is 54.1 Å². The van der Waals surface area contributed by atoms with Crippen LogP contribution in [0, 0.1) is 6.57 Å². The summed E-state index contributed by atoms with van der Waals surface area (Å²) < 4.78 is 2.35. The van der Waals surface area contributed by atoms with Gasteiger partial charge >= 0.3 is 0 Å². The molecule has 0 spiro atoms. The Morgan fingerprint density at radius 1 is 0.525 bits per heavy atom. The second-order valence-corrected chi connectivity index (χ2v) is 9.71. The Kier molecular flexibility index (Phi) is 5.85. The molecular weight excluding hydrogens is 486 g/mol. The fourth-order valence-electron chi connectivity index (χ4n) is 5.63. The third-order valence-electron chi connectivity index (χ3n) is 7.39. The maximum absolute atomic E-state index is 7.95. The smallest absolute Gasteiger partial charge is 0.210 e. The Bertz CT molecular complexity index is 2000. The zero-order valence-electron chi connectivity index (χ0n) is 21.8. The van der Waals surface area contributed by atoms with E-state index in [4.69, 9.17) is 6.57 Å². The highest BCUT2D eigenvalue weighted by Crippen LogP contribution is 2.47. The van der Waals surface area contributed by atoms with Crippen LogP contribution in [0.1, 0.15) is 0 Å². The van der Waals surface area contributed by atoms with Gasteiger partial charge in [0, 0.05) is 27.7 Å². The minimum absolute atomic E-state index is 0.608. The van der Waals surface area contributed by atoms with Crippen LogP contribution in [-0.2, 0) is 0 Å². The molecule has 0 aliphatic heterocycles. The Morgan fingerprint density at radius 2 is 1.15 bits per heavy atom. The lowest BCUT2D eigenvalue weighted by molar-refractivity contribution is 1.18. The number of anilines is 3. The van der Waals surface area contributed by atoms with Gasteiger partial charge in [-0.1, -0.05) is 103 Å². The zero-order chi connectivity index (χ0) is 26.9. The average Bonchev–Trinajstić information content (AvgIpc) is 3.36. The topological polar surface area (TPSA) is 12.5 Å². The molecule has 1 aromatic heterocycles. The van der Waals surface area contributed by atoms with Gasteiger partial charge in [-0.3, -0.25) is 0 Å². The number of aromatic nitrogens is 1. The summed E-state index contributed by atoms with van der Waals surface area (Å²) in [6.45, 7) is 7.95. The molecule has 7 aromatic rings. The lowest BCUT2D eigenvalue weighted by Gasteiger charge is -2.29. The van der Waals surface area contributed by atoms with E-state index in [9.17, 15) is 0 Å². The van der Waals surface area contributed by atoms with Crippen LogP contribution >= 0.6 is 0 Å². The zero-order valence-corrected chi connectivity index (χ0v) is 21.8. The minimum Gasteiger partial charge on any atom is -0.320 e. The molecule has 1 heterocycles. The second kappa shape index (κ2) is 9.94. The van der Waals surface area contributed by atoms with Crippen LogP contribution in [0.3, 0.4) is 0 Å². The van der Waals surface area contributed by atoms with E-state index < -0.39 is 0 Å². The Morgan fingerprint density at radius 3 is 1.90 bits per heavy atom. The molecule has 6 aromatic carbocycles. The Balaban J connectivity index is 1.63. The molecule has 40 heavy (non-hydrogen) atoms. The first-order valence-corrected chi connectivity index (χ1v) is 13.3. The average molecular weight is 512 g/mol. The van der Waals surface area contributed by atoms with Crippen molar-refractivity contribution < 1.29 is 0 Å². The van der Waals surface area contributed by atoms with Crippen molar-refractivity contribution in [3.8, 4) is 16.8 Å². The summed E-state index contributed by atoms with van der Waals surface area (Å²) in [6, 6.07) is 52.4. The molecule has 0 atom stereocenters. The van der Waals surface area contributed by atoms with E-state index in [-0.39, 0.29) is 0 Å². The summed E-state index contributed by atoms with van der Waals surface area (Å²) in [5.74, 6) is 0. The lowest BCUT2D eigenvalue weighted by atomic mass is 9.99. The van der Waals surface area contributed by atoms with Crippen LogP contribution in [0.5, 0.6) is 0 Å². The molecule has 0 bridgehead atoms. The van der Waals surface area contributed by atoms with E-state index in [2.05, 4.69) is 117 Å². The van der Waals surface area contributed by atoms with Crippen molar-refractivity contribution in [3.63, 3.8) is 0 Å². The molecule has 3 heteroatoms. The molecule has 0 saturated heterocycles. The number of rotatable bonds is 5. The quantitative estimate of drug-likeness (QED) is 0.209. The maximum Gasteiger partial charge on any atom is 0.210 e. The van der Waals surface area contributed by atoms with Gasteiger partial charge in [0.1, 0.15) is 0 Å². The third-order valence-corrected chi connectivity index (χ3v) is 7.39. The minimum atomic E-state index is 0.608. The van der Waals surface area contributed by atoms with Gasteiger partial charge in [0.2, 0.25) is 5.69 Å². The SMILES string of the molecule is [C-]#[N+]c1ccccc1N(c1ccccc1)c1cc2c3ccccc3n(-c3ccccc3)c2cc1-c1ccccc1. The Hall–Kier alpha value is -5.59. The Labute approximate surface area is 233 Å². The largest absolute Gasteiger partial charge is 0.320 e. The van der Waals surface area contributed by atoms with Gasteiger partial charge in [0.25, 0.3) is 0 Å². The van der Waals surface area contributed by atoms with Gasteiger partial charge in [0.15, 0.2) is 0 Å². The predicted octanol–water partition coefficient (Wildman–Crippen LogP) is 10.5. The van der Waals surface area contributed by atoms with E-state index in [1.54, 1.807) is 0 Å². The van der Waals surface area contributed by atoms with Crippen LogP contribution in [-0.4, -0.2) is 4.57 Å². The van der Waals surface area contributed by atoms with Gasteiger partial charge in [-0.2, -0.15) is 0 Å². The van der Waals surface area contributed by atoms with E-state index in [1.807, 2.05) is 48.5 Å². The number of benzene rings is 6.